The smallest absolute Gasteiger partial charge is 0.259 e. The summed E-state index contributed by atoms with van der Waals surface area (Å²) in [6.07, 6.45) is 5.68. The van der Waals surface area contributed by atoms with E-state index in [4.69, 9.17) is 0 Å². The van der Waals surface area contributed by atoms with E-state index in [0.717, 1.165) is 27.8 Å². The molecule has 0 saturated heterocycles. The lowest BCUT2D eigenvalue weighted by molar-refractivity contribution is -0.117. The Kier molecular flexibility index (Phi) is 5.05. The third kappa shape index (κ3) is 4.03. The van der Waals surface area contributed by atoms with Crippen molar-refractivity contribution < 1.29 is 9.59 Å². The molecule has 0 aliphatic carbocycles. The lowest BCUT2D eigenvalue weighted by Gasteiger charge is -2.32. The molecule has 0 fully saturated rings. The highest BCUT2D eigenvalue weighted by molar-refractivity contribution is 6.08. The van der Waals surface area contributed by atoms with Gasteiger partial charge in [-0.1, -0.05) is 19.9 Å². The Bertz CT molecular complexity index is 1370. The van der Waals surface area contributed by atoms with E-state index >= 15 is 0 Å². The molecular formula is C25H24N6O2. The number of amides is 2. The van der Waals surface area contributed by atoms with Crippen molar-refractivity contribution in [1.82, 2.24) is 15.0 Å². The highest BCUT2D eigenvalue weighted by atomic mass is 16.2. The summed E-state index contributed by atoms with van der Waals surface area (Å²) in [5, 5.41) is 10.1. The van der Waals surface area contributed by atoms with Gasteiger partial charge in [0, 0.05) is 53.7 Å². The largest absolute Gasteiger partial charge is 0.365 e. The Hall–Kier alpha value is -4.20. The number of carbonyl (C=O) groups excluding carboxylic acids is 2. The van der Waals surface area contributed by atoms with Crippen LogP contribution in [0.5, 0.6) is 0 Å². The summed E-state index contributed by atoms with van der Waals surface area (Å²) in [4.78, 5) is 36.9. The van der Waals surface area contributed by atoms with E-state index in [1.165, 1.54) is 0 Å². The van der Waals surface area contributed by atoms with E-state index in [2.05, 4.69) is 30.9 Å². The van der Waals surface area contributed by atoms with E-state index < -0.39 is 0 Å². The van der Waals surface area contributed by atoms with Crippen molar-refractivity contribution in [2.45, 2.75) is 32.2 Å². The van der Waals surface area contributed by atoms with Crippen LogP contribution in [0.2, 0.25) is 0 Å². The minimum atomic E-state index is -0.284. The molecule has 4 N–H and O–H groups in total. The molecule has 8 nitrogen and oxygen atoms in total. The van der Waals surface area contributed by atoms with Crippen molar-refractivity contribution in [3.05, 3.63) is 77.7 Å². The van der Waals surface area contributed by atoms with Gasteiger partial charge in [-0.25, -0.2) is 9.97 Å². The standard InChI is InChI=1S/C25H24N6O2/c1-25(2)13-21(32)31-20-12-16(5-6-19(20)25)30-24(33)18-4-3-9-26-23(18)29-14-15-7-10-27-22-17(15)8-11-28-22/h3-12H,13-14H2,1-2H3,(H,26,29)(H,27,28)(H,30,33)(H,31,32). The number of hydrogen-bond donors (Lipinski definition) is 4. The van der Waals surface area contributed by atoms with Gasteiger partial charge in [-0.05, 0) is 47.5 Å². The van der Waals surface area contributed by atoms with Crippen molar-refractivity contribution in [3.63, 3.8) is 0 Å². The van der Waals surface area contributed by atoms with Crippen LogP contribution < -0.4 is 16.0 Å². The summed E-state index contributed by atoms with van der Waals surface area (Å²) in [6, 6.07) is 13.0. The number of aromatic amines is 1. The van der Waals surface area contributed by atoms with Crippen molar-refractivity contribution in [1.29, 1.82) is 0 Å². The van der Waals surface area contributed by atoms with E-state index in [0.29, 0.717) is 30.0 Å². The summed E-state index contributed by atoms with van der Waals surface area (Å²) in [6.45, 7) is 4.58. The van der Waals surface area contributed by atoms with Gasteiger partial charge in [-0.15, -0.1) is 0 Å². The molecule has 0 unspecified atom stereocenters. The number of anilines is 3. The fraction of sp³-hybridized carbons (Fsp3) is 0.200. The zero-order valence-corrected chi connectivity index (χ0v) is 18.4. The second kappa shape index (κ2) is 8.05. The number of pyridine rings is 2. The Morgan fingerprint density at radius 2 is 2.00 bits per heavy atom. The van der Waals surface area contributed by atoms with Gasteiger partial charge in [-0.2, -0.15) is 0 Å². The highest BCUT2D eigenvalue weighted by Gasteiger charge is 2.32. The number of nitrogens with zero attached hydrogens (tertiary/aromatic N) is 2. The zero-order chi connectivity index (χ0) is 23.0. The molecule has 0 saturated carbocycles. The molecule has 4 heterocycles. The maximum Gasteiger partial charge on any atom is 0.259 e. The second-order valence-electron chi connectivity index (χ2n) is 8.79. The molecule has 0 radical (unpaired) electrons. The first-order valence-electron chi connectivity index (χ1n) is 10.8. The van der Waals surface area contributed by atoms with Crippen LogP contribution in [-0.4, -0.2) is 26.8 Å². The van der Waals surface area contributed by atoms with Gasteiger partial charge in [0.15, 0.2) is 0 Å². The van der Waals surface area contributed by atoms with Gasteiger partial charge in [0.1, 0.15) is 11.5 Å². The van der Waals surface area contributed by atoms with Crippen molar-refractivity contribution in [3.8, 4) is 0 Å². The average molecular weight is 441 g/mol. The van der Waals surface area contributed by atoms with E-state index in [9.17, 15) is 9.59 Å². The van der Waals surface area contributed by atoms with E-state index in [-0.39, 0.29) is 17.2 Å². The van der Waals surface area contributed by atoms with Crippen molar-refractivity contribution >= 4 is 40.0 Å². The van der Waals surface area contributed by atoms with E-state index in [1.54, 1.807) is 30.6 Å². The van der Waals surface area contributed by atoms with Gasteiger partial charge in [0.05, 0.1) is 5.56 Å². The lowest BCUT2D eigenvalue weighted by atomic mass is 9.78. The molecule has 1 aromatic carbocycles. The van der Waals surface area contributed by atoms with Gasteiger partial charge in [-0.3, -0.25) is 9.59 Å². The van der Waals surface area contributed by atoms with Crippen LogP contribution in [0.1, 0.15) is 41.8 Å². The average Bonchev–Trinajstić information content (AvgIpc) is 3.26. The normalized spacial score (nSPS) is 14.4. The maximum atomic E-state index is 13.1. The van der Waals surface area contributed by atoms with Crippen LogP contribution in [0.15, 0.2) is 61.1 Å². The second-order valence-corrected chi connectivity index (χ2v) is 8.79. The molecule has 3 aromatic heterocycles. The van der Waals surface area contributed by atoms with Crippen molar-refractivity contribution in [2.75, 3.05) is 16.0 Å². The molecule has 166 valence electrons. The Labute approximate surface area is 190 Å². The van der Waals surface area contributed by atoms with Gasteiger partial charge < -0.3 is 20.9 Å². The Balaban J connectivity index is 1.35. The minimum Gasteiger partial charge on any atom is -0.365 e. The third-order valence-corrected chi connectivity index (χ3v) is 5.93. The minimum absolute atomic E-state index is 0.0256. The SMILES string of the molecule is CC1(C)CC(=O)Nc2cc(NC(=O)c3cccnc3NCc3ccnc4[nH]ccc34)ccc21. The number of nitrogens with one attached hydrogen (secondary N) is 4. The summed E-state index contributed by atoms with van der Waals surface area (Å²) in [7, 11) is 0. The van der Waals surface area contributed by atoms with Crippen LogP contribution >= 0.6 is 0 Å². The quantitative estimate of drug-likeness (QED) is 0.367. The first kappa shape index (κ1) is 20.7. The number of carbonyl (C=O) groups is 2. The summed E-state index contributed by atoms with van der Waals surface area (Å²) < 4.78 is 0. The van der Waals surface area contributed by atoms with Gasteiger partial charge >= 0.3 is 0 Å². The monoisotopic (exact) mass is 440 g/mol. The number of fused-ring (bicyclic) bond motifs is 2. The highest BCUT2D eigenvalue weighted by Crippen LogP contribution is 2.38. The molecule has 1 aliphatic rings. The fourth-order valence-electron chi connectivity index (χ4n) is 4.29. The maximum absolute atomic E-state index is 13.1. The lowest BCUT2D eigenvalue weighted by Crippen LogP contribution is -2.32. The third-order valence-electron chi connectivity index (χ3n) is 5.93. The molecule has 0 bridgehead atoms. The molecule has 4 aromatic rings. The number of H-pyrrole nitrogens is 1. The summed E-state index contributed by atoms with van der Waals surface area (Å²) in [5.74, 6) is 0.179. The molecule has 2 amide bonds. The van der Waals surface area contributed by atoms with Crippen LogP contribution in [0.25, 0.3) is 11.0 Å². The molecule has 0 atom stereocenters. The molecule has 1 aliphatic heterocycles. The molecule has 0 spiro atoms. The van der Waals surface area contributed by atoms with Crippen LogP contribution in [0.4, 0.5) is 17.2 Å². The summed E-state index contributed by atoms with van der Waals surface area (Å²) >= 11 is 0. The van der Waals surface area contributed by atoms with Gasteiger partial charge in [0.2, 0.25) is 5.91 Å². The molecule has 8 heteroatoms. The predicted molar refractivity (Wildman–Crippen MR) is 128 cm³/mol. The predicted octanol–water partition coefficient (Wildman–Crippen LogP) is 4.44. The van der Waals surface area contributed by atoms with Gasteiger partial charge in [0.25, 0.3) is 5.91 Å². The van der Waals surface area contributed by atoms with E-state index in [1.807, 2.05) is 44.3 Å². The zero-order valence-electron chi connectivity index (χ0n) is 18.4. The summed E-state index contributed by atoms with van der Waals surface area (Å²) in [5.41, 5.74) is 4.43. The Morgan fingerprint density at radius 1 is 1.12 bits per heavy atom. The van der Waals surface area contributed by atoms with Crippen LogP contribution in [0, 0.1) is 0 Å². The number of aromatic nitrogens is 3. The molecule has 33 heavy (non-hydrogen) atoms. The number of hydrogen-bond acceptors (Lipinski definition) is 5. The van der Waals surface area contributed by atoms with Crippen molar-refractivity contribution in [2.24, 2.45) is 0 Å². The van der Waals surface area contributed by atoms with Crippen LogP contribution in [0.3, 0.4) is 0 Å². The Morgan fingerprint density at radius 3 is 2.88 bits per heavy atom. The molecular weight excluding hydrogens is 416 g/mol. The van der Waals surface area contributed by atoms with Crippen LogP contribution in [-0.2, 0) is 16.8 Å². The molecule has 5 rings (SSSR count). The topological polar surface area (TPSA) is 112 Å². The number of rotatable bonds is 5. The number of benzene rings is 1. The fourth-order valence-corrected chi connectivity index (χ4v) is 4.29. The first-order chi connectivity index (χ1) is 15.9. The first-order valence-corrected chi connectivity index (χ1v) is 10.8.